The predicted molar refractivity (Wildman–Crippen MR) is 62.0 cm³/mol. The lowest BCUT2D eigenvalue weighted by Crippen LogP contribution is -1.91. The minimum absolute atomic E-state index is 0.0514. The quantitative estimate of drug-likeness (QED) is 0.737. The number of rotatable bonds is 1. The number of benzene rings is 2. The lowest BCUT2D eigenvalue weighted by Gasteiger charge is -2.03. The number of hydrogen-bond acceptors (Lipinski definition) is 2. The molecular weight excluding hydrogens is 255 g/mol. The van der Waals surface area contributed by atoms with Gasteiger partial charge in [-0.25, -0.2) is 8.42 Å². The summed E-state index contributed by atoms with van der Waals surface area (Å²) < 4.78 is 22.4. The van der Waals surface area contributed by atoms with E-state index in [1.54, 1.807) is 12.1 Å². The maximum Gasteiger partial charge on any atom is 0.262 e. The van der Waals surface area contributed by atoms with Crippen LogP contribution in [0.2, 0.25) is 5.02 Å². The molecule has 0 radical (unpaired) electrons. The molecule has 0 unspecified atom stereocenters. The van der Waals surface area contributed by atoms with Gasteiger partial charge in [0.1, 0.15) is 4.90 Å². The lowest BCUT2D eigenvalue weighted by atomic mass is 10.1. The molecule has 2 aromatic carbocycles. The van der Waals surface area contributed by atoms with Gasteiger partial charge in [-0.2, -0.15) is 0 Å². The number of halogens is 2. The molecule has 2 rings (SSSR count). The molecule has 0 amide bonds. The van der Waals surface area contributed by atoms with E-state index in [1.807, 2.05) is 18.2 Å². The molecule has 0 saturated heterocycles. The second kappa shape index (κ2) is 3.67. The van der Waals surface area contributed by atoms with Gasteiger partial charge in [0.15, 0.2) is 0 Å². The van der Waals surface area contributed by atoms with Crippen molar-refractivity contribution in [3.63, 3.8) is 0 Å². The van der Waals surface area contributed by atoms with Crippen molar-refractivity contribution in [3.8, 4) is 0 Å². The highest BCUT2D eigenvalue weighted by atomic mass is 35.7. The second-order valence-corrected chi connectivity index (χ2v) is 6.01. The van der Waals surface area contributed by atoms with Gasteiger partial charge in [0.05, 0.1) is 5.02 Å². The summed E-state index contributed by atoms with van der Waals surface area (Å²) >= 11 is 5.82. The van der Waals surface area contributed by atoms with E-state index in [2.05, 4.69) is 0 Å². The molecule has 2 aromatic rings. The third-order valence-electron chi connectivity index (χ3n) is 2.06. The summed E-state index contributed by atoms with van der Waals surface area (Å²) in [7, 11) is 1.47. The smallest absolute Gasteiger partial charge is 0.207 e. The first-order valence-corrected chi connectivity index (χ1v) is 6.80. The molecule has 0 spiro atoms. The maximum atomic E-state index is 11.2. The summed E-state index contributed by atoms with van der Waals surface area (Å²) in [5.41, 5.74) is 0. The molecule has 78 valence electrons. The van der Waals surface area contributed by atoms with Gasteiger partial charge in [-0.15, -0.1) is 0 Å². The van der Waals surface area contributed by atoms with Crippen LogP contribution in [0, 0.1) is 0 Å². The van der Waals surface area contributed by atoms with Crippen LogP contribution < -0.4 is 0 Å². The topological polar surface area (TPSA) is 34.1 Å². The third-order valence-corrected chi connectivity index (χ3v) is 3.85. The molecule has 0 bridgehead atoms. The van der Waals surface area contributed by atoms with E-state index in [-0.39, 0.29) is 9.92 Å². The van der Waals surface area contributed by atoms with E-state index in [0.29, 0.717) is 0 Å². The Labute approximate surface area is 96.8 Å². The molecule has 0 saturated carbocycles. The highest BCUT2D eigenvalue weighted by molar-refractivity contribution is 8.13. The van der Waals surface area contributed by atoms with Crippen LogP contribution in [0.15, 0.2) is 41.3 Å². The van der Waals surface area contributed by atoms with E-state index in [9.17, 15) is 8.42 Å². The first-order chi connectivity index (χ1) is 6.98. The van der Waals surface area contributed by atoms with E-state index >= 15 is 0 Å². The van der Waals surface area contributed by atoms with Crippen LogP contribution in [0.5, 0.6) is 0 Å². The van der Waals surface area contributed by atoms with Crippen molar-refractivity contribution in [2.45, 2.75) is 4.90 Å². The van der Waals surface area contributed by atoms with Crippen LogP contribution in [0.4, 0.5) is 0 Å². The van der Waals surface area contributed by atoms with E-state index < -0.39 is 9.05 Å². The van der Waals surface area contributed by atoms with Gasteiger partial charge in [0.25, 0.3) is 9.05 Å². The van der Waals surface area contributed by atoms with Crippen molar-refractivity contribution in [1.82, 2.24) is 0 Å². The molecule has 0 aliphatic carbocycles. The van der Waals surface area contributed by atoms with Crippen molar-refractivity contribution in [1.29, 1.82) is 0 Å². The van der Waals surface area contributed by atoms with Crippen LogP contribution in [0.1, 0.15) is 0 Å². The Morgan fingerprint density at radius 1 is 1.00 bits per heavy atom. The van der Waals surface area contributed by atoms with E-state index in [0.717, 1.165) is 10.8 Å². The summed E-state index contributed by atoms with van der Waals surface area (Å²) in [4.78, 5) is -0.0514. The molecule has 15 heavy (non-hydrogen) atoms. The molecule has 0 aliphatic heterocycles. The zero-order valence-electron chi connectivity index (χ0n) is 7.44. The normalized spacial score (nSPS) is 11.9. The van der Waals surface area contributed by atoms with Gasteiger partial charge in [0, 0.05) is 10.7 Å². The average Bonchev–Trinajstić information content (AvgIpc) is 2.15. The molecule has 0 aliphatic rings. The molecular formula is C10H6Cl2O2S. The van der Waals surface area contributed by atoms with Crippen LogP contribution >= 0.6 is 22.3 Å². The molecule has 0 aromatic heterocycles. The van der Waals surface area contributed by atoms with Gasteiger partial charge in [0.2, 0.25) is 0 Å². The maximum absolute atomic E-state index is 11.2. The van der Waals surface area contributed by atoms with Crippen LogP contribution in [-0.4, -0.2) is 8.42 Å². The molecule has 0 heterocycles. The molecule has 0 N–H and O–H groups in total. The van der Waals surface area contributed by atoms with Crippen LogP contribution in [0.3, 0.4) is 0 Å². The van der Waals surface area contributed by atoms with Crippen molar-refractivity contribution >= 4 is 42.1 Å². The first kappa shape index (κ1) is 10.7. The highest BCUT2D eigenvalue weighted by Crippen LogP contribution is 2.29. The Hall–Kier alpha value is -0.770. The molecule has 2 nitrogen and oxygen atoms in total. The SMILES string of the molecule is O=S(=O)(Cl)c1cc2ccccc2cc1Cl. The van der Waals surface area contributed by atoms with Crippen molar-refractivity contribution in [3.05, 3.63) is 41.4 Å². The minimum atomic E-state index is -3.78. The number of hydrogen-bond donors (Lipinski definition) is 0. The Morgan fingerprint density at radius 3 is 2.07 bits per heavy atom. The van der Waals surface area contributed by atoms with Crippen molar-refractivity contribution in [2.24, 2.45) is 0 Å². The summed E-state index contributed by atoms with van der Waals surface area (Å²) in [6.07, 6.45) is 0. The standard InChI is InChI=1S/C10H6Cl2O2S/c11-9-5-7-3-1-2-4-8(7)6-10(9)15(12,13)14/h1-6H. The fourth-order valence-electron chi connectivity index (χ4n) is 1.38. The zero-order valence-corrected chi connectivity index (χ0v) is 9.77. The largest absolute Gasteiger partial charge is 0.262 e. The monoisotopic (exact) mass is 260 g/mol. The lowest BCUT2D eigenvalue weighted by molar-refractivity contribution is 0.610. The second-order valence-electron chi connectivity index (χ2n) is 3.07. The van der Waals surface area contributed by atoms with Gasteiger partial charge < -0.3 is 0 Å². The number of fused-ring (bicyclic) bond motifs is 1. The zero-order chi connectivity index (χ0) is 11.1. The third kappa shape index (κ3) is 2.09. The van der Waals surface area contributed by atoms with Crippen LogP contribution in [0.25, 0.3) is 10.8 Å². The predicted octanol–water partition coefficient (Wildman–Crippen LogP) is 3.42. The van der Waals surface area contributed by atoms with Crippen molar-refractivity contribution < 1.29 is 8.42 Å². The van der Waals surface area contributed by atoms with Gasteiger partial charge in [-0.05, 0) is 22.9 Å². The van der Waals surface area contributed by atoms with Gasteiger partial charge in [-0.3, -0.25) is 0 Å². The summed E-state index contributed by atoms with van der Waals surface area (Å²) in [5.74, 6) is 0. The summed E-state index contributed by atoms with van der Waals surface area (Å²) in [6.45, 7) is 0. The Bertz CT molecular complexity index is 620. The average molecular weight is 261 g/mol. The Balaban J connectivity index is 2.84. The highest BCUT2D eigenvalue weighted by Gasteiger charge is 2.15. The van der Waals surface area contributed by atoms with E-state index in [1.165, 1.54) is 6.07 Å². The summed E-state index contributed by atoms with van der Waals surface area (Å²) in [6, 6.07) is 10.4. The molecule has 0 fully saturated rings. The Morgan fingerprint density at radius 2 is 1.53 bits per heavy atom. The van der Waals surface area contributed by atoms with Gasteiger partial charge in [-0.1, -0.05) is 35.9 Å². The first-order valence-electron chi connectivity index (χ1n) is 4.11. The molecule has 0 atom stereocenters. The Kier molecular flexibility index (Phi) is 2.63. The fourth-order valence-corrected chi connectivity index (χ4v) is 2.92. The van der Waals surface area contributed by atoms with E-state index in [4.69, 9.17) is 22.3 Å². The van der Waals surface area contributed by atoms with Crippen molar-refractivity contribution in [2.75, 3.05) is 0 Å². The molecule has 5 heteroatoms. The fraction of sp³-hybridized carbons (Fsp3) is 0. The van der Waals surface area contributed by atoms with Crippen LogP contribution in [-0.2, 0) is 9.05 Å². The van der Waals surface area contributed by atoms with Gasteiger partial charge >= 0.3 is 0 Å². The summed E-state index contributed by atoms with van der Waals surface area (Å²) in [5, 5.41) is 1.82. The minimum Gasteiger partial charge on any atom is -0.207 e.